The molecule has 3 heterocycles. The van der Waals surface area contributed by atoms with E-state index in [1.165, 1.54) is 18.2 Å². The molecule has 3 N–H and O–H groups in total. The minimum absolute atomic E-state index is 0.128. The van der Waals surface area contributed by atoms with Gasteiger partial charge in [-0.05, 0) is 55.3 Å². The molecule has 28 heteroatoms. The van der Waals surface area contributed by atoms with Crippen LogP contribution in [0.5, 0.6) is 0 Å². The molecule has 0 spiro atoms. The van der Waals surface area contributed by atoms with Crippen molar-refractivity contribution in [2.75, 3.05) is 30.0 Å². The summed E-state index contributed by atoms with van der Waals surface area (Å²) in [5.41, 5.74) is -4.54. The van der Waals surface area contributed by atoms with Gasteiger partial charge in [-0.1, -0.05) is 58.4 Å². The van der Waals surface area contributed by atoms with Crippen LogP contribution in [-0.2, 0) is 74.6 Å². The lowest BCUT2D eigenvalue weighted by Crippen LogP contribution is -2.37. The zero-order valence-electron chi connectivity index (χ0n) is 39.7. The Balaban J connectivity index is 0.00000155. The first kappa shape index (κ1) is 57.9. The number of nitrogens with one attached hydrogen (secondary N) is 2. The number of aromatic nitrogens is 5. The Kier molecular flexibility index (Phi) is 18.0. The van der Waals surface area contributed by atoms with Gasteiger partial charge in [-0.2, -0.15) is 61.4 Å². The molecule has 3 amide bonds. The summed E-state index contributed by atoms with van der Waals surface area (Å²) in [6.45, 7) is 4.87. The maximum atomic E-state index is 15.4. The number of aryl methyl sites for hydroxylation is 1. The number of hydrogen-bond acceptors (Lipinski definition) is 10. The molecular weight excluding hydrogens is 1050 g/mol. The number of alkyl halides is 8. The number of carbonyl (C=O) groups is 4. The summed E-state index contributed by atoms with van der Waals surface area (Å²) < 4.78 is 165. The molecular formula is C45H47ClF10N8O7S2. The summed E-state index contributed by atoms with van der Waals surface area (Å²) in [6.07, 6.45) is -9.80. The van der Waals surface area contributed by atoms with E-state index in [-0.39, 0.29) is 44.2 Å². The van der Waals surface area contributed by atoms with Crippen LogP contribution in [-0.4, -0.2) is 94.3 Å². The highest BCUT2D eigenvalue weighted by Crippen LogP contribution is 2.50. The van der Waals surface area contributed by atoms with Crippen molar-refractivity contribution in [3.8, 4) is 11.1 Å². The molecule has 2 aromatic carbocycles. The number of hydrogen-bond donors (Lipinski definition) is 3. The number of ether oxygens (including phenoxy) is 1. The number of fused-ring (bicyclic) bond motifs is 2. The Morgan fingerprint density at radius 2 is 1.62 bits per heavy atom. The van der Waals surface area contributed by atoms with E-state index in [1.54, 1.807) is 6.92 Å². The molecule has 73 heavy (non-hydrogen) atoms. The molecule has 0 bridgehead atoms. The number of nitrogens with zero attached hydrogens (tertiary/aromatic N) is 6. The lowest BCUT2D eigenvalue weighted by Gasteiger charge is -2.24. The Morgan fingerprint density at radius 1 is 1.00 bits per heavy atom. The van der Waals surface area contributed by atoms with Gasteiger partial charge in [0.05, 0.1) is 34.2 Å². The standard InChI is InChI=1S/C40H35ClF10N8O7S.C5H12S/c1-4-22-5-6-23(24-7-8-26(41)29-31(24)58(17-38(44,45)46)56-34(29)59(67(3)65)37(64)66-10-9-52-35(61)36(62)63)30(53-22)27(14-19-12-20(42)15-21(43)13-19)54-28(60)16-57-33-25(11-18(2)39(33,47)48)32(55-57)40(49,50)51;1-5(2,3)6-4/h5-8,12-13,15,18,27H,4,9-11,14,16-17H2,1-3H3,(H,52,61)(H,54,60)(H,62,63);1-4H3/t18-,27?,67?;/m1./s1. The van der Waals surface area contributed by atoms with Crippen molar-refractivity contribution < 1.29 is 77.1 Å². The topological polar surface area (TPSA) is 191 Å². The van der Waals surface area contributed by atoms with Crippen LogP contribution >= 0.6 is 23.4 Å². The third-order valence-corrected chi connectivity index (χ3v) is 13.3. The molecule has 15 nitrogen and oxygen atoms in total. The number of anilines is 1. The van der Waals surface area contributed by atoms with Crippen molar-refractivity contribution in [2.45, 2.75) is 96.0 Å². The SMILES string of the molecule is CCc1ccc(-c2ccc(Cl)c3c(N(C(=O)OCCNC(=O)C(=O)O)S(C)=O)nn(CC(F)(F)F)c23)c(C(Cc2cc(F)cc(F)c2)NC(=O)Cn2nc(C(F)(F)F)c3c2C(F)(F)[C@H](C)C3)n1.CSC(C)(C)C. The van der Waals surface area contributed by atoms with Crippen LogP contribution in [0.3, 0.4) is 0 Å². The van der Waals surface area contributed by atoms with E-state index in [1.807, 2.05) is 17.1 Å². The maximum Gasteiger partial charge on any atom is 0.435 e. The van der Waals surface area contributed by atoms with E-state index in [9.17, 15) is 58.5 Å². The van der Waals surface area contributed by atoms with E-state index in [0.29, 0.717) is 19.8 Å². The fraction of sp³-hybridized carbons (Fsp3) is 0.444. The number of carboxylic acids is 1. The lowest BCUT2D eigenvalue weighted by molar-refractivity contribution is -0.150. The molecule has 2 unspecified atom stereocenters. The Morgan fingerprint density at radius 3 is 2.16 bits per heavy atom. The second-order valence-corrected chi connectivity index (χ2v) is 20.6. The van der Waals surface area contributed by atoms with Crippen molar-refractivity contribution in [2.24, 2.45) is 5.92 Å². The summed E-state index contributed by atoms with van der Waals surface area (Å²) in [7, 11) is -2.48. The van der Waals surface area contributed by atoms with Crippen LogP contribution in [0.4, 0.5) is 54.5 Å². The van der Waals surface area contributed by atoms with E-state index < -0.39 is 149 Å². The average Bonchev–Trinajstić information content (AvgIpc) is 3.89. The van der Waals surface area contributed by atoms with Crippen molar-refractivity contribution in [1.82, 2.24) is 35.2 Å². The maximum absolute atomic E-state index is 15.4. The molecule has 0 radical (unpaired) electrons. The summed E-state index contributed by atoms with van der Waals surface area (Å²) in [6, 6.07) is 5.78. The van der Waals surface area contributed by atoms with Crippen LogP contribution in [0.1, 0.15) is 74.6 Å². The summed E-state index contributed by atoms with van der Waals surface area (Å²) in [5, 5.41) is 19.7. The number of carboxylic acid groups (broad SMARTS) is 1. The summed E-state index contributed by atoms with van der Waals surface area (Å²) in [5.74, 6) is -13.0. The Labute approximate surface area is 421 Å². The quantitative estimate of drug-likeness (QED) is 0.0546. The van der Waals surface area contributed by atoms with Gasteiger partial charge in [0.15, 0.2) is 11.5 Å². The molecule has 0 aliphatic heterocycles. The Bertz CT molecular complexity index is 2910. The number of aliphatic carboxylic acids is 1. The van der Waals surface area contributed by atoms with E-state index in [0.717, 1.165) is 31.4 Å². The summed E-state index contributed by atoms with van der Waals surface area (Å²) >= 11 is 8.47. The third kappa shape index (κ3) is 14.0. The zero-order chi connectivity index (χ0) is 54.7. The van der Waals surface area contributed by atoms with Gasteiger partial charge in [0, 0.05) is 45.4 Å². The predicted molar refractivity (Wildman–Crippen MR) is 250 cm³/mol. The number of amides is 3. The fourth-order valence-corrected chi connectivity index (χ4v) is 8.37. The minimum atomic E-state index is -5.19. The van der Waals surface area contributed by atoms with Crippen LogP contribution in [0.25, 0.3) is 22.0 Å². The third-order valence-electron chi connectivity index (χ3n) is 10.9. The smallest absolute Gasteiger partial charge is 0.435 e. The van der Waals surface area contributed by atoms with E-state index >= 15 is 8.78 Å². The normalized spacial score (nSPS) is 15.2. The van der Waals surface area contributed by atoms with Crippen molar-refractivity contribution >= 4 is 74.9 Å². The van der Waals surface area contributed by atoms with Crippen molar-refractivity contribution in [3.05, 3.63) is 93.0 Å². The van der Waals surface area contributed by atoms with Crippen molar-refractivity contribution in [3.63, 3.8) is 0 Å². The number of pyridine rings is 1. The first-order chi connectivity index (χ1) is 33.8. The zero-order valence-corrected chi connectivity index (χ0v) is 42.1. The highest BCUT2D eigenvalue weighted by molar-refractivity contribution is 7.99. The van der Waals surface area contributed by atoms with Gasteiger partial charge in [0.2, 0.25) is 5.91 Å². The highest BCUT2D eigenvalue weighted by Gasteiger charge is 2.54. The molecule has 1 aliphatic rings. The highest BCUT2D eigenvalue weighted by atomic mass is 35.5. The van der Waals surface area contributed by atoms with Gasteiger partial charge in [-0.25, -0.2) is 22.6 Å². The molecule has 0 fully saturated rings. The molecule has 0 saturated heterocycles. The van der Waals surface area contributed by atoms with Gasteiger partial charge >= 0.3 is 30.3 Å². The average molecular weight is 1100 g/mol. The Hall–Kier alpha value is -5.96. The number of benzene rings is 2. The minimum Gasteiger partial charge on any atom is -0.474 e. The molecule has 398 valence electrons. The number of halogens is 11. The first-order valence-electron chi connectivity index (χ1n) is 21.7. The van der Waals surface area contributed by atoms with Gasteiger partial charge < -0.3 is 20.5 Å². The number of thioether (sulfide) groups is 1. The van der Waals surface area contributed by atoms with Crippen LogP contribution in [0.15, 0.2) is 42.5 Å². The summed E-state index contributed by atoms with van der Waals surface area (Å²) in [4.78, 5) is 54.1. The molecule has 1 aliphatic carbocycles. The van der Waals surface area contributed by atoms with Crippen LogP contribution in [0, 0.1) is 17.6 Å². The second kappa shape index (κ2) is 22.7. The number of rotatable bonds is 14. The number of carbonyl (C=O) groups excluding carboxylic acids is 3. The van der Waals surface area contributed by atoms with E-state index in [4.69, 9.17) is 21.4 Å². The second-order valence-electron chi connectivity index (χ2n) is 17.4. The molecule has 3 aromatic heterocycles. The molecule has 0 saturated carbocycles. The van der Waals surface area contributed by atoms with Gasteiger partial charge in [0.25, 0.3) is 5.92 Å². The van der Waals surface area contributed by atoms with Gasteiger partial charge in [-0.3, -0.25) is 23.9 Å². The molecule has 6 rings (SSSR count). The van der Waals surface area contributed by atoms with Crippen LogP contribution in [0.2, 0.25) is 5.02 Å². The van der Waals surface area contributed by atoms with Gasteiger partial charge in [-0.15, -0.1) is 0 Å². The predicted octanol–water partition coefficient (Wildman–Crippen LogP) is 9.34. The monoisotopic (exact) mass is 1100 g/mol. The molecule has 5 aromatic rings. The van der Waals surface area contributed by atoms with Crippen molar-refractivity contribution in [1.29, 1.82) is 0 Å². The van der Waals surface area contributed by atoms with E-state index in [2.05, 4.69) is 47.5 Å². The lowest BCUT2D eigenvalue weighted by atomic mass is 9.93. The molecule has 3 atom stereocenters. The largest absolute Gasteiger partial charge is 0.474 e. The first-order valence-corrected chi connectivity index (χ1v) is 24.8. The van der Waals surface area contributed by atoms with Gasteiger partial charge in [0.1, 0.15) is 48.0 Å². The fourth-order valence-electron chi connectivity index (χ4n) is 7.50. The van der Waals surface area contributed by atoms with Crippen LogP contribution < -0.4 is 14.9 Å².